The van der Waals surface area contributed by atoms with Crippen LogP contribution in [0.3, 0.4) is 0 Å². The molecule has 0 aromatic rings. The largest absolute Gasteiger partial charge is 0.458 e. The normalized spacial score (nSPS) is 43.7. The van der Waals surface area contributed by atoms with E-state index < -0.39 is 17.0 Å². The minimum absolute atomic E-state index is 0.126. The van der Waals surface area contributed by atoms with E-state index in [0.717, 1.165) is 44.9 Å². The third kappa shape index (κ3) is 2.87. The number of carbonyl (C=O) groups excluding carboxylic acids is 3. The molecule has 160 valence electrons. The lowest BCUT2D eigenvalue weighted by Gasteiger charge is -2.59. The molecule has 4 aliphatic carbocycles. The molecular weight excluding hydrogens is 368 g/mol. The van der Waals surface area contributed by atoms with E-state index in [1.807, 2.05) is 6.08 Å². The molecule has 3 fully saturated rings. The molecule has 0 heterocycles. The van der Waals surface area contributed by atoms with E-state index in [4.69, 9.17) is 4.74 Å². The van der Waals surface area contributed by atoms with Gasteiger partial charge >= 0.3 is 5.97 Å². The molecule has 5 nitrogen and oxygen atoms in total. The SMILES string of the molecule is CCC12CCC(=O)C=C1CCC1C2CCC2(C)C1CCC2(O)C(=O)COC(C)=O. The molecule has 1 N–H and O–H groups in total. The second-order valence-electron chi connectivity index (χ2n) is 10.1. The van der Waals surface area contributed by atoms with Crippen LogP contribution in [-0.2, 0) is 19.1 Å². The summed E-state index contributed by atoms with van der Waals surface area (Å²) in [7, 11) is 0. The number of esters is 1. The molecule has 0 aliphatic heterocycles. The van der Waals surface area contributed by atoms with E-state index in [1.165, 1.54) is 12.5 Å². The van der Waals surface area contributed by atoms with Gasteiger partial charge in [-0.1, -0.05) is 19.4 Å². The van der Waals surface area contributed by atoms with Crippen LogP contribution >= 0.6 is 0 Å². The maximum Gasteiger partial charge on any atom is 0.303 e. The molecule has 0 spiro atoms. The van der Waals surface area contributed by atoms with Gasteiger partial charge in [0.1, 0.15) is 5.60 Å². The molecule has 0 aromatic heterocycles. The van der Waals surface area contributed by atoms with Crippen molar-refractivity contribution < 1.29 is 24.2 Å². The zero-order valence-electron chi connectivity index (χ0n) is 18.0. The second-order valence-corrected chi connectivity index (χ2v) is 10.1. The third-order valence-electron chi connectivity index (χ3n) is 9.34. The minimum Gasteiger partial charge on any atom is -0.458 e. The molecule has 4 rings (SSSR count). The number of carbonyl (C=O) groups is 3. The maximum absolute atomic E-state index is 12.9. The molecule has 3 saturated carbocycles. The van der Waals surface area contributed by atoms with Crippen LogP contribution in [0.15, 0.2) is 11.6 Å². The van der Waals surface area contributed by atoms with Crippen LogP contribution in [0.4, 0.5) is 0 Å². The van der Waals surface area contributed by atoms with E-state index in [1.54, 1.807) is 0 Å². The second kappa shape index (κ2) is 7.04. The number of aliphatic hydroxyl groups is 1. The highest BCUT2D eigenvalue weighted by Crippen LogP contribution is 2.68. The molecule has 0 radical (unpaired) electrons. The fourth-order valence-electron chi connectivity index (χ4n) is 7.79. The summed E-state index contributed by atoms with van der Waals surface area (Å²) in [5.41, 5.74) is -0.386. The molecule has 6 atom stereocenters. The molecule has 4 aliphatic rings. The lowest BCUT2D eigenvalue weighted by Crippen LogP contribution is -2.58. The van der Waals surface area contributed by atoms with Gasteiger partial charge in [-0.2, -0.15) is 0 Å². The van der Waals surface area contributed by atoms with Crippen molar-refractivity contribution in [1.82, 2.24) is 0 Å². The van der Waals surface area contributed by atoms with Gasteiger partial charge in [0, 0.05) is 18.8 Å². The summed E-state index contributed by atoms with van der Waals surface area (Å²) in [6, 6.07) is 0. The number of fused-ring (bicyclic) bond motifs is 5. The minimum atomic E-state index is -1.41. The molecular formula is C24H34O5. The first kappa shape index (κ1) is 20.8. The third-order valence-corrected chi connectivity index (χ3v) is 9.34. The van der Waals surface area contributed by atoms with E-state index in [-0.39, 0.29) is 23.6 Å². The predicted octanol–water partition coefficient (Wildman–Crippen LogP) is 3.77. The Morgan fingerprint density at radius 1 is 1.14 bits per heavy atom. The molecule has 0 saturated heterocycles. The highest BCUT2D eigenvalue weighted by Gasteiger charge is 2.66. The summed E-state index contributed by atoms with van der Waals surface area (Å²) in [5.74, 6) is 0.749. The molecule has 5 heteroatoms. The predicted molar refractivity (Wildman–Crippen MR) is 108 cm³/mol. The average Bonchev–Trinajstić information content (AvgIpc) is 2.98. The Morgan fingerprint density at radius 2 is 1.86 bits per heavy atom. The van der Waals surface area contributed by atoms with Crippen LogP contribution in [0.5, 0.6) is 0 Å². The fraction of sp³-hybridized carbons (Fsp3) is 0.792. The van der Waals surface area contributed by atoms with E-state index in [0.29, 0.717) is 30.6 Å². The van der Waals surface area contributed by atoms with Crippen molar-refractivity contribution in [1.29, 1.82) is 0 Å². The van der Waals surface area contributed by atoms with Crippen LogP contribution in [0.1, 0.15) is 78.6 Å². The van der Waals surface area contributed by atoms with E-state index >= 15 is 0 Å². The Morgan fingerprint density at radius 3 is 2.55 bits per heavy atom. The molecule has 0 bridgehead atoms. The highest BCUT2D eigenvalue weighted by atomic mass is 16.5. The van der Waals surface area contributed by atoms with Crippen molar-refractivity contribution in [3.8, 4) is 0 Å². The van der Waals surface area contributed by atoms with Gasteiger partial charge in [-0.3, -0.25) is 14.4 Å². The van der Waals surface area contributed by atoms with Gasteiger partial charge < -0.3 is 9.84 Å². The fourth-order valence-corrected chi connectivity index (χ4v) is 7.79. The monoisotopic (exact) mass is 402 g/mol. The van der Waals surface area contributed by atoms with Crippen molar-refractivity contribution in [3.05, 3.63) is 11.6 Å². The standard InChI is InChI=1S/C24H34O5/c1-4-23-11-7-17(26)13-16(23)5-6-18-19-9-12-24(28,21(27)14-29-15(2)25)22(19,3)10-8-20(18)23/h13,18-20,28H,4-12,14H2,1-3H3. The number of ether oxygens (including phenoxy) is 1. The van der Waals surface area contributed by atoms with Gasteiger partial charge in [0.05, 0.1) is 0 Å². The Hall–Kier alpha value is -1.49. The van der Waals surface area contributed by atoms with Gasteiger partial charge in [-0.05, 0) is 80.6 Å². The van der Waals surface area contributed by atoms with Crippen LogP contribution in [0.2, 0.25) is 0 Å². The molecule has 0 aromatic carbocycles. The Labute approximate surface area is 173 Å². The van der Waals surface area contributed by atoms with Crippen molar-refractivity contribution in [2.45, 2.75) is 84.2 Å². The Kier molecular flexibility index (Phi) is 5.04. The van der Waals surface area contributed by atoms with Crippen LogP contribution < -0.4 is 0 Å². The van der Waals surface area contributed by atoms with Crippen LogP contribution in [0.25, 0.3) is 0 Å². The Bertz CT molecular complexity index is 769. The zero-order chi connectivity index (χ0) is 21.0. The van der Waals surface area contributed by atoms with Crippen LogP contribution in [-0.4, -0.2) is 34.9 Å². The number of Topliss-reactive ketones (excluding diaryl/α,β-unsaturated/α-hetero) is 1. The van der Waals surface area contributed by atoms with Crippen molar-refractivity contribution >= 4 is 17.5 Å². The molecule has 0 amide bonds. The average molecular weight is 403 g/mol. The van der Waals surface area contributed by atoms with Gasteiger partial charge in [0.15, 0.2) is 12.4 Å². The number of rotatable bonds is 4. The van der Waals surface area contributed by atoms with Crippen molar-refractivity contribution in [3.63, 3.8) is 0 Å². The smallest absolute Gasteiger partial charge is 0.303 e. The first-order chi connectivity index (χ1) is 13.7. The number of allylic oxidation sites excluding steroid dienone is 1. The summed E-state index contributed by atoms with van der Waals surface area (Å²) in [5, 5.41) is 11.5. The first-order valence-electron chi connectivity index (χ1n) is 11.3. The Balaban J connectivity index is 1.62. The van der Waals surface area contributed by atoms with Gasteiger partial charge in [0.2, 0.25) is 5.78 Å². The molecule has 29 heavy (non-hydrogen) atoms. The van der Waals surface area contributed by atoms with E-state index in [2.05, 4.69) is 13.8 Å². The maximum atomic E-state index is 12.9. The zero-order valence-corrected chi connectivity index (χ0v) is 18.0. The molecule has 6 unspecified atom stereocenters. The summed E-state index contributed by atoms with van der Waals surface area (Å²) in [4.78, 5) is 36.1. The van der Waals surface area contributed by atoms with Gasteiger partial charge in [-0.25, -0.2) is 0 Å². The number of hydrogen-bond acceptors (Lipinski definition) is 5. The van der Waals surface area contributed by atoms with Crippen molar-refractivity contribution in [2.24, 2.45) is 28.6 Å². The lowest BCUT2D eigenvalue weighted by molar-refractivity contribution is -0.169. The highest BCUT2D eigenvalue weighted by molar-refractivity contribution is 5.92. The van der Waals surface area contributed by atoms with E-state index in [9.17, 15) is 19.5 Å². The summed E-state index contributed by atoms with van der Waals surface area (Å²) in [6.07, 6.45) is 9.70. The number of hydrogen-bond donors (Lipinski definition) is 1. The topological polar surface area (TPSA) is 80.7 Å². The summed E-state index contributed by atoms with van der Waals surface area (Å²) in [6.45, 7) is 5.29. The lowest BCUT2D eigenvalue weighted by atomic mass is 9.45. The summed E-state index contributed by atoms with van der Waals surface area (Å²) >= 11 is 0. The first-order valence-corrected chi connectivity index (χ1v) is 11.3. The quantitative estimate of drug-likeness (QED) is 0.724. The van der Waals surface area contributed by atoms with Gasteiger partial charge in [-0.15, -0.1) is 0 Å². The van der Waals surface area contributed by atoms with Crippen LogP contribution in [0, 0.1) is 28.6 Å². The summed E-state index contributed by atoms with van der Waals surface area (Å²) < 4.78 is 4.94. The van der Waals surface area contributed by atoms with Gasteiger partial charge in [0.25, 0.3) is 0 Å². The van der Waals surface area contributed by atoms with Crippen molar-refractivity contribution in [2.75, 3.05) is 6.61 Å². The number of ketones is 2.